The highest BCUT2D eigenvalue weighted by atomic mass is 35.5. The lowest BCUT2D eigenvalue weighted by Gasteiger charge is -2.29. The Morgan fingerprint density at radius 1 is 1.25 bits per heavy atom. The molecule has 2 aromatic heterocycles. The molecule has 0 aromatic carbocycles. The van der Waals surface area contributed by atoms with E-state index < -0.39 is 21.7 Å². The normalized spacial score (nSPS) is 23.8. The van der Waals surface area contributed by atoms with Gasteiger partial charge in [0.15, 0.2) is 0 Å². The number of rotatable bonds is 6. The summed E-state index contributed by atoms with van der Waals surface area (Å²) in [6.07, 6.45) is 3.90. The lowest BCUT2D eigenvalue weighted by Crippen LogP contribution is -2.44. The number of nitrogens with one attached hydrogen (secondary N) is 3. The second-order valence-electron chi connectivity index (χ2n) is 7.91. The molecule has 1 aliphatic heterocycles. The van der Waals surface area contributed by atoms with Crippen LogP contribution in [0.3, 0.4) is 0 Å². The molecule has 1 aliphatic carbocycles. The van der Waals surface area contributed by atoms with Gasteiger partial charge in [-0.05, 0) is 37.1 Å². The molecular formula is C19H24ClN5O5S2. The molecule has 13 heteroatoms. The van der Waals surface area contributed by atoms with Crippen molar-refractivity contribution >= 4 is 44.7 Å². The van der Waals surface area contributed by atoms with E-state index >= 15 is 0 Å². The van der Waals surface area contributed by atoms with Gasteiger partial charge in [0.1, 0.15) is 15.3 Å². The van der Waals surface area contributed by atoms with Gasteiger partial charge in [-0.3, -0.25) is 4.79 Å². The highest BCUT2D eigenvalue weighted by Crippen LogP contribution is 2.26. The van der Waals surface area contributed by atoms with E-state index in [0.29, 0.717) is 55.1 Å². The molecule has 174 valence electrons. The fourth-order valence-electron chi connectivity index (χ4n) is 4.04. The van der Waals surface area contributed by atoms with Gasteiger partial charge in [0.25, 0.3) is 5.56 Å². The molecule has 0 bridgehead atoms. The quantitative estimate of drug-likeness (QED) is 0.551. The lowest BCUT2D eigenvalue weighted by molar-refractivity contribution is 0.102. The minimum atomic E-state index is -3.49. The maximum absolute atomic E-state index is 12.4. The van der Waals surface area contributed by atoms with Crippen LogP contribution < -0.4 is 20.5 Å². The summed E-state index contributed by atoms with van der Waals surface area (Å²) in [5, 5.41) is 10.7. The van der Waals surface area contributed by atoms with Crippen molar-refractivity contribution in [2.45, 2.75) is 54.5 Å². The monoisotopic (exact) mass is 501 g/mol. The average Bonchev–Trinajstić information content (AvgIpc) is 3.44. The molecule has 2 fully saturated rings. The number of H-pyrrole nitrogens is 1. The van der Waals surface area contributed by atoms with E-state index in [1.807, 2.05) is 4.90 Å². The third-order valence-corrected chi connectivity index (χ3v) is 8.95. The largest absolute Gasteiger partial charge is 0.444 e. The van der Waals surface area contributed by atoms with Gasteiger partial charge in [-0.15, -0.1) is 11.3 Å². The molecule has 1 saturated carbocycles. The Morgan fingerprint density at radius 3 is 2.72 bits per heavy atom. The number of aromatic nitrogens is 2. The Kier molecular flexibility index (Phi) is 7.03. The summed E-state index contributed by atoms with van der Waals surface area (Å²) in [6.45, 7) is 1.02. The van der Waals surface area contributed by atoms with E-state index in [1.165, 1.54) is 17.5 Å². The number of hydrogen-bond acceptors (Lipinski definition) is 8. The molecule has 0 unspecified atom stereocenters. The van der Waals surface area contributed by atoms with Crippen LogP contribution in [-0.2, 0) is 14.8 Å². The van der Waals surface area contributed by atoms with Crippen molar-refractivity contribution in [2.24, 2.45) is 0 Å². The van der Waals surface area contributed by atoms with Crippen LogP contribution >= 0.6 is 22.9 Å². The van der Waals surface area contributed by atoms with Crippen molar-refractivity contribution in [2.75, 3.05) is 18.0 Å². The van der Waals surface area contributed by atoms with E-state index in [9.17, 15) is 18.0 Å². The van der Waals surface area contributed by atoms with Crippen LogP contribution in [0.1, 0.15) is 32.1 Å². The molecule has 3 N–H and O–H groups in total. The number of carbonyl (C=O) groups excluding carboxylic acids is 1. The maximum atomic E-state index is 12.4. The van der Waals surface area contributed by atoms with Crippen LogP contribution in [0.2, 0.25) is 5.02 Å². The Balaban J connectivity index is 1.21. The highest BCUT2D eigenvalue weighted by Gasteiger charge is 2.30. The summed E-state index contributed by atoms with van der Waals surface area (Å²) in [5.74, 6) is 0. The van der Waals surface area contributed by atoms with Crippen LogP contribution in [0.25, 0.3) is 0 Å². The molecule has 0 spiro atoms. The van der Waals surface area contributed by atoms with Crippen LogP contribution in [0.15, 0.2) is 32.7 Å². The van der Waals surface area contributed by atoms with E-state index in [4.69, 9.17) is 16.3 Å². The number of sulfonamides is 1. The first-order chi connectivity index (χ1) is 15.3. The Labute approximate surface area is 194 Å². The van der Waals surface area contributed by atoms with Crippen LogP contribution in [0.5, 0.6) is 0 Å². The van der Waals surface area contributed by atoms with E-state index in [1.54, 1.807) is 17.5 Å². The summed E-state index contributed by atoms with van der Waals surface area (Å²) in [5.41, 5.74) is 0.0600. The van der Waals surface area contributed by atoms with Crippen molar-refractivity contribution in [3.8, 4) is 0 Å². The Morgan fingerprint density at radius 2 is 2.00 bits per heavy atom. The van der Waals surface area contributed by atoms with E-state index in [-0.39, 0.29) is 23.2 Å². The van der Waals surface area contributed by atoms with Crippen molar-refractivity contribution in [3.05, 3.63) is 39.1 Å². The SMILES string of the molecule is O=C(N[C@H]1CC[C@H](NS(=O)(=O)c2cccs2)CC1)O[C@@H]1CCN(c2cn[nH]c(=O)c2Cl)C1. The summed E-state index contributed by atoms with van der Waals surface area (Å²) < 4.78 is 33.3. The van der Waals surface area contributed by atoms with Gasteiger partial charge in [-0.25, -0.2) is 23.0 Å². The summed E-state index contributed by atoms with van der Waals surface area (Å²) in [6, 6.07) is 3.08. The van der Waals surface area contributed by atoms with E-state index in [0.717, 1.165) is 0 Å². The number of halogens is 1. The number of aromatic amines is 1. The fraction of sp³-hybridized carbons (Fsp3) is 0.526. The lowest BCUT2D eigenvalue weighted by atomic mass is 9.92. The number of alkyl carbamates (subject to hydrolysis) is 1. The van der Waals surface area contributed by atoms with Gasteiger partial charge < -0.3 is 15.0 Å². The molecule has 1 amide bonds. The fourth-order valence-corrected chi connectivity index (χ4v) is 6.56. The molecule has 3 heterocycles. The third kappa shape index (κ3) is 5.42. The van der Waals surface area contributed by atoms with Gasteiger partial charge in [0.05, 0.1) is 18.4 Å². The van der Waals surface area contributed by atoms with Crippen molar-refractivity contribution in [3.63, 3.8) is 0 Å². The predicted molar refractivity (Wildman–Crippen MR) is 121 cm³/mol. The first-order valence-electron chi connectivity index (χ1n) is 10.3. The number of amides is 1. The molecule has 10 nitrogen and oxygen atoms in total. The first-order valence-corrected chi connectivity index (χ1v) is 13.1. The molecule has 0 radical (unpaired) electrons. The van der Waals surface area contributed by atoms with Gasteiger partial charge in [-0.2, -0.15) is 5.10 Å². The van der Waals surface area contributed by atoms with E-state index in [2.05, 4.69) is 20.2 Å². The van der Waals surface area contributed by atoms with Gasteiger partial charge in [0.2, 0.25) is 10.0 Å². The Bertz CT molecular complexity index is 1100. The zero-order valence-electron chi connectivity index (χ0n) is 17.1. The number of hydrogen-bond donors (Lipinski definition) is 3. The zero-order chi connectivity index (χ0) is 22.7. The standard InChI is InChI=1S/C19H24ClN5O5S2/c20-17-15(10-21-23-18(17)26)25-8-7-14(11-25)30-19(27)22-12-3-5-13(6-4-12)24-32(28,29)16-2-1-9-31-16/h1-2,9-10,12-14,24H,3-8,11H2,(H,22,27)(H,23,26)/t12-,13-,14-/m1/s1. The number of nitrogens with zero attached hydrogens (tertiary/aromatic N) is 2. The predicted octanol–water partition coefficient (Wildman–Crippen LogP) is 2.08. The molecule has 2 aromatic rings. The Hall–Kier alpha value is -2.15. The number of carbonyl (C=O) groups is 1. The highest BCUT2D eigenvalue weighted by molar-refractivity contribution is 7.91. The number of anilines is 1. The maximum Gasteiger partial charge on any atom is 0.407 e. The molecule has 2 aliphatic rings. The summed E-state index contributed by atoms with van der Waals surface area (Å²) in [4.78, 5) is 25.8. The second-order valence-corrected chi connectivity index (χ2v) is 11.2. The zero-order valence-corrected chi connectivity index (χ0v) is 19.5. The van der Waals surface area contributed by atoms with Gasteiger partial charge in [0, 0.05) is 25.0 Å². The topological polar surface area (TPSA) is 133 Å². The van der Waals surface area contributed by atoms with Crippen LogP contribution in [0, 0.1) is 0 Å². The third-order valence-electron chi connectivity index (χ3n) is 5.67. The van der Waals surface area contributed by atoms with Crippen molar-refractivity contribution in [1.29, 1.82) is 0 Å². The molecule has 4 rings (SSSR count). The van der Waals surface area contributed by atoms with Crippen molar-refractivity contribution < 1.29 is 17.9 Å². The molecule has 1 atom stereocenters. The number of thiophene rings is 1. The molecule has 1 saturated heterocycles. The minimum Gasteiger partial charge on any atom is -0.444 e. The molecular weight excluding hydrogens is 478 g/mol. The second kappa shape index (κ2) is 9.77. The first kappa shape index (κ1) is 23.0. The molecule has 32 heavy (non-hydrogen) atoms. The average molecular weight is 502 g/mol. The van der Waals surface area contributed by atoms with Crippen LogP contribution in [0.4, 0.5) is 10.5 Å². The van der Waals surface area contributed by atoms with Gasteiger partial charge >= 0.3 is 6.09 Å². The van der Waals surface area contributed by atoms with Gasteiger partial charge in [-0.1, -0.05) is 17.7 Å². The summed E-state index contributed by atoms with van der Waals surface area (Å²) >= 11 is 7.24. The summed E-state index contributed by atoms with van der Waals surface area (Å²) in [7, 11) is -3.49. The minimum absolute atomic E-state index is 0.0613. The smallest absolute Gasteiger partial charge is 0.407 e. The number of ether oxygens (including phenoxy) is 1. The van der Waals surface area contributed by atoms with Crippen molar-refractivity contribution in [1.82, 2.24) is 20.2 Å². The van der Waals surface area contributed by atoms with Crippen LogP contribution in [-0.4, -0.2) is 56.0 Å².